The van der Waals surface area contributed by atoms with Gasteiger partial charge in [0.05, 0.1) is 10.0 Å². The summed E-state index contributed by atoms with van der Waals surface area (Å²) in [6.07, 6.45) is 0. The molecule has 18 heavy (non-hydrogen) atoms. The molecule has 0 aliphatic heterocycles. The normalized spacial score (nSPS) is 10.4. The van der Waals surface area contributed by atoms with Crippen LogP contribution in [-0.4, -0.2) is 9.59 Å². The molecule has 2 aromatic rings. The number of nitrogens with zero attached hydrogens (tertiary/aromatic N) is 2. The van der Waals surface area contributed by atoms with Crippen LogP contribution in [0.15, 0.2) is 16.6 Å². The third-order valence-electron chi connectivity index (χ3n) is 2.03. The summed E-state index contributed by atoms with van der Waals surface area (Å²) >= 11 is 16.4. The quantitative estimate of drug-likeness (QED) is 0.490. The third kappa shape index (κ3) is 3.04. The molecule has 0 aliphatic carbocycles. The lowest BCUT2D eigenvalue weighted by Gasteiger charge is -2.08. The predicted molar refractivity (Wildman–Crippen MR) is 76.2 cm³/mol. The first-order chi connectivity index (χ1) is 8.61. The number of ether oxygens (including phenoxy) is 1. The smallest absolute Gasteiger partial charge is 0.150 e. The van der Waals surface area contributed by atoms with E-state index in [2.05, 4.69) is 30.9 Å². The maximum atomic E-state index is 6.03. The van der Waals surface area contributed by atoms with E-state index in [0.29, 0.717) is 31.0 Å². The van der Waals surface area contributed by atoms with Gasteiger partial charge in [0.25, 0.3) is 0 Å². The first kappa shape index (κ1) is 13.8. The van der Waals surface area contributed by atoms with E-state index in [4.69, 9.17) is 33.8 Å². The average Bonchev–Trinajstić information content (AvgIpc) is 2.79. The van der Waals surface area contributed by atoms with Gasteiger partial charge in [-0.2, -0.15) is 0 Å². The molecule has 0 unspecified atom stereocenters. The maximum Gasteiger partial charge on any atom is 0.150 e. The summed E-state index contributed by atoms with van der Waals surface area (Å²) in [5.41, 5.74) is 3.10. The maximum absolute atomic E-state index is 6.03. The molecule has 2 rings (SSSR count). The average molecular weight is 370 g/mol. The highest BCUT2D eigenvalue weighted by Gasteiger charge is 2.10. The van der Waals surface area contributed by atoms with Crippen molar-refractivity contribution in [2.45, 2.75) is 6.61 Å². The van der Waals surface area contributed by atoms with E-state index in [1.54, 1.807) is 12.1 Å². The second kappa shape index (κ2) is 6.03. The van der Waals surface area contributed by atoms with Gasteiger partial charge in [0.15, 0.2) is 5.00 Å². The highest BCUT2D eigenvalue weighted by Crippen LogP contribution is 2.34. The first-order valence-electron chi connectivity index (χ1n) is 4.67. The number of anilines is 1. The van der Waals surface area contributed by atoms with Gasteiger partial charge in [0.2, 0.25) is 0 Å². The Balaban J connectivity index is 2.13. The van der Waals surface area contributed by atoms with E-state index < -0.39 is 0 Å². The molecule has 3 N–H and O–H groups in total. The number of nitrogens with one attached hydrogen (secondary N) is 1. The molecule has 1 aromatic heterocycles. The minimum absolute atomic E-state index is 0.202. The molecule has 0 amide bonds. The Bertz CT molecular complexity index is 565. The van der Waals surface area contributed by atoms with Gasteiger partial charge in [-0.3, -0.25) is 0 Å². The second-order valence-electron chi connectivity index (χ2n) is 3.18. The number of rotatable bonds is 4. The summed E-state index contributed by atoms with van der Waals surface area (Å²) < 4.78 is 10.0. The molecule has 0 aliphatic rings. The highest BCUT2D eigenvalue weighted by atomic mass is 79.9. The number of nitrogen functional groups attached to an aromatic ring is 1. The van der Waals surface area contributed by atoms with Crippen LogP contribution in [-0.2, 0) is 6.61 Å². The van der Waals surface area contributed by atoms with Crippen LogP contribution in [0.1, 0.15) is 5.69 Å². The largest absolute Gasteiger partial charge is 0.485 e. The summed E-state index contributed by atoms with van der Waals surface area (Å²) in [5.74, 6) is 5.78. The summed E-state index contributed by atoms with van der Waals surface area (Å²) in [6, 6.07) is 3.30. The zero-order valence-electron chi connectivity index (χ0n) is 8.78. The lowest BCUT2D eigenvalue weighted by Crippen LogP contribution is -2.08. The monoisotopic (exact) mass is 368 g/mol. The number of aromatic nitrogens is 2. The molecule has 9 heteroatoms. The van der Waals surface area contributed by atoms with E-state index in [1.165, 1.54) is 0 Å². The van der Waals surface area contributed by atoms with Crippen molar-refractivity contribution in [3.63, 3.8) is 0 Å². The van der Waals surface area contributed by atoms with E-state index in [1.807, 2.05) is 0 Å². The molecule has 0 saturated heterocycles. The van der Waals surface area contributed by atoms with Crippen LogP contribution in [0.25, 0.3) is 0 Å². The molecule has 1 aromatic carbocycles. The molecule has 0 saturated carbocycles. The second-order valence-corrected chi connectivity index (χ2v) is 5.60. The van der Waals surface area contributed by atoms with Crippen molar-refractivity contribution >= 4 is 55.7 Å². The Labute approximate surface area is 125 Å². The van der Waals surface area contributed by atoms with Crippen molar-refractivity contribution in [2.75, 3.05) is 5.43 Å². The minimum atomic E-state index is 0.202. The molecule has 0 fully saturated rings. The molecule has 0 bridgehead atoms. The molecular weight excluding hydrogens is 363 g/mol. The van der Waals surface area contributed by atoms with Crippen LogP contribution in [0.4, 0.5) is 5.00 Å². The number of hydrazine groups is 1. The summed E-state index contributed by atoms with van der Waals surface area (Å²) in [7, 11) is 0. The zero-order chi connectivity index (χ0) is 13.1. The number of benzene rings is 1. The number of nitrogens with two attached hydrogens (primary N) is 1. The summed E-state index contributed by atoms with van der Waals surface area (Å²) in [6.45, 7) is 0.202. The number of halogens is 3. The fraction of sp³-hybridized carbons (Fsp3) is 0.111. The highest BCUT2D eigenvalue weighted by molar-refractivity contribution is 9.10. The van der Waals surface area contributed by atoms with Crippen LogP contribution in [0.3, 0.4) is 0 Å². The molecule has 96 valence electrons. The van der Waals surface area contributed by atoms with E-state index in [0.717, 1.165) is 11.5 Å². The lowest BCUT2D eigenvalue weighted by atomic mass is 10.3. The molecule has 0 radical (unpaired) electrons. The lowest BCUT2D eigenvalue weighted by molar-refractivity contribution is 0.302. The Morgan fingerprint density at radius 3 is 2.89 bits per heavy atom. The molecule has 0 atom stereocenters. The van der Waals surface area contributed by atoms with E-state index >= 15 is 0 Å². The Kier molecular flexibility index (Phi) is 4.63. The van der Waals surface area contributed by atoms with Gasteiger partial charge in [-0.1, -0.05) is 27.7 Å². The molecule has 5 nitrogen and oxygen atoms in total. The SMILES string of the molecule is NNc1snnc1COc1cc(Cl)c(Br)cc1Cl. The Morgan fingerprint density at radius 1 is 1.39 bits per heavy atom. The fourth-order valence-corrected chi connectivity index (χ4v) is 2.50. The fourth-order valence-electron chi connectivity index (χ4n) is 1.17. The minimum Gasteiger partial charge on any atom is -0.485 e. The van der Waals surface area contributed by atoms with Crippen molar-refractivity contribution in [1.29, 1.82) is 0 Å². The van der Waals surface area contributed by atoms with Gasteiger partial charge in [-0.05, 0) is 22.0 Å². The van der Waals surface area contributed by atoms with Crippen LogP contribution in [0.2, 0.25) is 10.0 Å². The zero-order valence-corrected chi connectivity index (χ0v) is 12.7. The number of hydrogen-bond donors (Lipinski definition) is 2. The predicted octanol–water partition coefficient (Wildman–Crippen LogP) is 3.47. The molecule has 0 spiro atoms. The van der Waals surface area contributed by atoms with Gasteiger partial charge >= 0.3 is 0 Å². The molecule has 1 heterocycles. The van der Waals surface area contributed by atoms with Gasteiger partial charge in [0, 0.05) is 22.1 Å². The van der Waals surface area contributed by atoms with Crippen molar-refractivity contribution in [3.05, 3.63) is 32.3 Å². The topological polar surface area (TPSA) is 73.1 Å². The Hall–Kier alpha value is -0.600. The summed E-state index contributed by atoms with van der Waals surface area (Å²) in [4.78, 5) is 0. The standard InChI is InChI=1S/C9H7BrCl2N4OS/c10-4-1-6(12)8(2-5(4)11)17-3-7-9(14-13)18-16-15-7/h1-2,14H,3,13H2. The van der Waals surface area contributed by atoms with Crippen LogP contribution >= 0.6 is 50.7 Å². The van der Waals surface area contributed by atoms with Crippen molar-refractivity contribution in [3.8, 4) is 5.75 Å². The van der Waals surface area contributed by atoms with Crippen LogP contribution in [0.5, 0.6) is 5.75 Å². The van der Waals surface area contributed by atoms with Crippen LogP contribution < -0.4 is 16.0 Å². The van der Waals surface area contributed by atoms with Gasteiger partial charge < -0.3 is 10.2 Å². The van der Waals surface area contributed by atoms with E-state index in [-0.39, 0.29) is 6.61 Å². The number of hydrogen-bond acceptors (Lipinski definition) is 6. The van der Waals surface area contributed by atoms with Crippen molar-refractivity contribution < 1.29 is 4.74 Å². The third-order valence-corrected chi connectivity index (χ3v) is 4.22. The van der Waals surface area contributed by atoms with Crippen molar-refractivity contribution in [2.24, 2.45) is 5.84 Å². The van der Waals surface area contributed by atoms with E-state index in [9.17, 15) is 0 Å². The van der Waals surface area contributed by atoms with Gasteiger partial charge in [-0.15, -0.1) is 5.10 Å². The van der Waals surface area contributed by atoms with Crippen molar-refractivity contribution in [1.82, 2.24) is 9.59 Å². The molecular formula is C9H7BrCl2N4OS. The van der Waals surface area contributed by atoms with Crippen LogP contribution in [0, 0.1) is 0 Å². The van der Waals surface area contributed by atoms with Gasteiger partial charge in [0.1, 0.15) is 18.1 Å². The Morgan fingerprint density at radius 2 is 2.17 bits per heavy atom. The van der Waals surface area contributed by atoms with Gasteiger partial charge in [-0.25, -0.2) is 5.84 Å². The first-order valence-corrected chi connectivity index (χ1v) is 6.99. The summed E-state index contributed by atoms with van der Waals surface area (Å²) in [5, 5.41) is 5.51.